The lowest BCUT2D eigenvalue weighted by Crippen LogP contribution is -2.44. The molecule has 25 heavy (non-hydrogen) atoms. The summed E-state index contributed by atoms with van der Waals surface area (Å²) in [5, 5.41) is 21.2. The summed E-state index contributed by atoms with van der Waals surface area (Å²) in [6.45, 7) is 9.13. The van der Waals surface area contributed by atoms with E-state index < -0.39 is 11.9 Å². The Morgan fingerprint density at radius 2 is 1.92 bits per heavy atom. The number of carbonyl (C=O) groups is 2. The van der Waals surface area contributed by atoms with Crippen molar-refractivity contribution in [2.45, 2.75) is 39.3 Å². The minimum absolute atomic E-state index is 0.558. The molecule has 0 radical (unpaired) electrons. The van der Waals surface area contributed by atoms with Gasteiger partial charge in [-0.3, -0.25) is 4.90 Å². The number of nitrogens with one attached hydrogen (secondary N) is 1. The first-order valence-corrected chi connectivity index (χ1v) is 9.28. The van der Waals surface area contributed by atoms with Crippen molar-refractivity contribution in [3.8, 4) is 0 Å². The molecule has 0 aromatic carbocycles. The first-order valence-electron chi connectivity index (χ1n) is 8.34. The molecule has 1 aromatic rings. The van der Waals surface area contributed by atoms with E-state index in [2.05, 4.69) is 34.4 Å². The molecule has 7 nitrogen and oxygen atoms in total. The average Bonchev–Trinajstić information content (AvgIpc) is 3.06. The van der Waals surface area contributed by atoms with Crippen molar-refractivity contribution in [3.63, 3.8) is 0 Å². The van der Waals surface area contributed by atoms with Gasteiger partial charge in [0.15, 0.2) is 0 Å². The van der Waals surface area contributed by atoms with E-state index >= 15 is 0 Å². The fourth-order valence-corrected chi connectivity index (χ4v) is 3.20. The van der Waals surface area contributed by atoms with Gasteiger partial charge >= 0.3 is 11.9 Å². The number of carboxylic acid groups (broad SMARTS) is 2. The number of thiazole rings is 1. The van der Waals surface area contributed by atoms with Crippen LogP contribution in [0.25, 0.3) is 0 Å². The molecule has 140 valence electrons. The Kier molecular flexibility index (Phi) is 9.98. The first kappa shape index (κ1) is 21.3. The van der Waals surface area contributed by atoms with Crippen molar-refractivity contribution in [2.24, 2.45) is 5.92 Å². The van der Waals surface area contributed by atoms with Gasteiger partial charge in [0.1, 0.15) is 0 Å². The van der Waals surface area contributed by atoms with Crippen LogP contribution in [0, 0.1) is 5.92 Å². The van der Waals surface area contributed by atoms with Crippen LogP contribution in [-0.4, -0.2) is 57.7 Å². The molecule has 3 N–H and O–H groups in total. The van der Waals surface area contributed by atoms with E-state index in [-0.39, 0.29) is 0 Å². The molecule has 2 heterocycles. The smallest absolute Gasteiger partial charge is 0.328 e. The Bertz CT molecular complexity index is 524. The van der Waals surface area contributed by atoms with E-state index in [0.717, 1.165) is 31.6 Å². The van der Waals surface area contributed by atoms with Crippen molar-refractivity contribution >= 4 is 23.3 Å². The third kappa shape index (κ3) is 9.96. The Balaban J connectivity index is 0.000000333. The molecule has 0 saturated carbocycles. The Morgan fingerprint density at radius 1 is 1.32 bits per heavy atom. The zero-order valence-corrected chi connectivity index (χ0v) is 15.5. The second kappa shape index (κ2) is 11.7. The van der Waals surface area contributed by atoms with Crippen molar-refractivity contribution in [2.75, 3.05) is 19.6 Å². The zero-order valence-electron chi connectivity index (χ0n) is 14.7. The summed E-state index contributed by atoms with van der Waals surface area (Å²) in [6, 6.07) is 0.736. The van der Waals surface area contributed by atoms with E-state index in [1.165, 1.54) is 25.1 Å². The van der Waals surface area contributed by atoms with Gasteiger partial charge in [0.05, 0.1) is 11.2 Å². The average molecular weight is 369 g/mol. The number of rotatable bonds is 7. The summed E-state index contributed by atoms with van der Waals surface area (Å²) < 4.78 is 0. The third-order valence-electron chi connectivity index (χ3n) is 3.64. The molecule has 1 aromatic heterocycles. The summed E-state index contributed by atoms with van der Waals surface area (Å²) in [6.07, 6.45) is 3.67. The molecule has 0 bridgehead atoms. The molecule has 0 amide bonds. The van der Waals surface area contributed by atoms with Gasteiger partial charge in [-0.1, -0.05) is 13.8 Å². The van der Waals surface area contributed by atoms with E-state index in [0.29, 0.717) is 12.2 Å². The van der Waals surface area contributed by atoms with E-state index in [4.69, 9.17) is 10.2 Å². The summed E-state index contributed by atoms with van der Waals surface area (Å²) in [4.78, 5) is 26.2. The molecule has 1 fully saturated rings. The number of aliphatic carboxylic acids is 2. The minimum atomic E-state index is -1.26. The molecule has 2 rings (SSSR count). The maximum absolute atomic E-state index is 9.55. The molecular formula is C17H27N3O4S. The van der Waals surface area contributed by atoms with Crippen LogP contribution in [0.3, 0.4) is 0 Å². The molecule has 1 aliphatic heterocycles. The van der Waals surface area contributed by atoms with Gasteiger partial charge in [-0.25, -0.2) is 14.6 Å². The second-order valence-corrected chi connectivity index (χ2v) is 7.01. The van der Waals surface area contributed by atoms with Gasteiger partial charge < -0.3 is 15.5 Å². The number of piperidine rings is 1. The number of nitrogens with zero attached hydrogens (tertiary/aromatic N) is 2. The second-order valence-electron chi connectivity index (χ2n) is 6.29. The highest BCUT2D eigenvalue weighted by Gasteiger charge is 2.22. The van der Waals surface area contributed by atoms with E-state index in [9.17, 15) is 9.59 Å². The highest BCUT2D eigenvalue weighted by Crippen LogP contribution is 2.17. The summed E-state index contributed by atoms with van der Waals surface area (Å²) in [5.41, 5.74) is 3.17. The summed E-state index contributed by atoms with van der Waals surface area (Å²) in [5.74, 6) is -1.79. The monoisotopic (exact) mass is 369 g/mol. The lowest BCUT2D eigenvalue weighted by Gasteiger charge is -2.35. The van der Waals surface area contributed by atoms with Gasteiger partial charge in [-0.15, -0.1) is 11.3 Å². The third-order valence-corrected chi connectivity index (χ3v) is 4.28. The highest BCUT2D eigenvalue weighted by atomic mass is 32.1. The van der Waals surface area contributed by atoms with Crippen LogP contribution in [0.4, 0.5) is 0 Å². The largest absolute Gasteiger partial charge is 0.478 e. The number of hydrogen-bond donors (Lipinski definition) is 3. The fourth-order valence-electron chi connectivity index (χ4n) is 2.65. The van der Waals surface area contributed by atoms with Gasteiger partial charge in [0, 0.05) is 36.7 Å². The predicted octanol–water partition coefficient (Wildman–Crippen LogP) is 2.06. The topological polar surface area (TPSA) is 103 Å². The van der Waals surface area contributed by atoms with Crippen molar-refractivity contribution in [1.82, 2.24) is 15.2 Å². The standard InChI is InChI=1S/C13H23N3S.C4H4O4/c1-11(2)7-16(8-12-9-17-10-15-12)13-3-5-14-6-4-13;5-3(6)1-2-4(7)8/h9-11,13-14H,3-8H2,1-2H3;1-2H,(H,5,6)(H,7,8). The minimum Gasteiger partial charge on any atom is -0.478 e. The van der Waals surface area contributed by atoms with Crippen LogP contribution >= 0.6 is 11.3 Å². The van der Waals surface area contributed by atoms with Crippen molar-refractivity contribution < 1.29 is 19.8 Å². The maximum Gasteiger partial charge on any atom is 0.328 e. The molecule has 0 aliphatic carbocycles. The highest BCUT2D eigenvalue weighted by molar-refractivity contribution is 7.07. The Hall–Kier alpha value is -1.77. The van der Waals surface area contributed by atoms with Crippen LogP contribution < -0.4 is 5.32 Å². The van der Waals surface area contributed by atoms with Crippen LogP contribution in [0.2, 0.25) is 0 Å². The SMILES string of the molecule is CC(C)CN(Cc1cscn1)C1CCNCC1.O=C(O)C=CC(=O)O. The number of aromatic nitrogens is 1. The summed E-state index contributed by atoms with van der Waals surface area (Å²) >= 11 is 1.70. The number of carboxylic acids is 2. The molecule has 0 unspecified atom stereocenters. The molecule has 0 atom stereocenters. The van der Waals surface area contributed by atoms with Crippen LogP contribution in [0.5, 0.6) is 0 Å². The van der Waals surface area contributed by atoms with Crippen LogP contribution in [0.1, 0.15) is 32.4 Å². The van der Waals surface area contributed by atoms with Gasteiger partial charge in [0.2, 0.25) is 0 Å². The predicted molar refractivity (Wildman–Crippen MR) is 97.7 cm³/mol. The fraction of sp³-hybridized carbons (Fsp3) is 0.588. The lowest BCUT2D eigenvalue weighted by atomic mass is 10.0. The Morgan fingerprint density at radius 3 is 2.36 bits per heavy atom. The van der Waals surface area contributed by atoms with Crippen molar-refractivity contribution in [1.29, 1.82) is 0 Å². The van der Waals surface area contributed by atoms with Crippen LogP contribution in [-0.2, 0) is 16.1 Å². The maximum atomic E-state index is 9.55. The molecule has 0 spiro atoms. The van der Waals surface area contributed by atoms with Gasteiger partial charge in [0.25, 0.3) is 0 Å². The van der Waals surface area contributed by atoms with E-state index in [1.807, 2.05) is 5.51 Å². The van der Waals surface area contributed by atoms with Crippen molar-refractivity contribution in [3.05, 3.63) is 28.7 Å². The number of hydrogen-bond acceptors (Lipinski definition) is 6. The lowest BCUT2D eigenvalue weighted by molar-refractivity contribution is -0.134. The quantitative estimate of drug-likeness (QED) is 0.632. The van der Waals surface area contributed by atoms with Crippen LogP contribution in [0.15, 0.2) is 23.0 Å². The van der Waals surface area contributed by atoms with E-state index in [1.54, 1.807) is 11.3 Å². The van der Waals surface area contributed by atoms with Gasteiger partial charge in [-0.2, -0.15) is 0 Å². The molecular weight excluding hydrogens is 342 g/mol. The normalized spacial score (nSPS) is 15.4. The first-order chi connectivity index (χ1) is 11.9. The summed E-state index contributed by atoms with van der Waals surface area (Å²) in [7, 11) is 0. The Labute approximate surface area is 152 Å². The molecule has 8 heteroatoms. The molecule has 1 aliphatic rings. The molecule has 1 saturated heterocycles. The zero-order chi connectivity index (χ0) is 18.7. The van der Waals surface area contributed by atoms with Gasteiger partial charge in [-0.05, 0) is 31.8 Å².